The fourth-order valence-electron chi connectivity index (χ4n) is 2.24. The summed E-state index contributed by atoms with van der Waals surface area (Å²) in [4.78, 5) is 10.4. The van der Waals surface area contributed by atoms with E-state index in [9.17, 15) is 9.90 Å². The lowest BCUT2D eigenvalue weighted by Gasteiger charge is -2.43. The molecule has 18 heavy (non-hydrogen) atoms. The molecule has 0 aliphatic heterocycles. The van der Waals surface area contributed by atoms with Crippen molar-refractivity contribution in [2.24, 2.45) is 0 Å². The predicted molar refractivity (Wildman–Crippen MR) is 66.1 cm³/mol. The minimum atomic E-state index is -0.864. The van der Waals surface area contributed by atoms with E-state index in [1.54, 1.807) is 0 Å². The normalized spacial score (nSPS) is 26.6. The minimum absolute atomic E-state index is 0.0158. The molecule has 98 valence electrons. The molecule has 4 nitrogen and oxygen atoms in total. The van der Waals surface area contributed by atoms with Crippen LogP contribution in [-0.2, 0) is 16.1 Å². The predicted octanol–water partition coefficient (Wildman–Crippen LogP) is 1.96. The van der Waals surface area contributed by atoms with Crippen molar-refractivity contribution in [3.8, 4) is 0 Å². The molecule has 4 heteroatoms. The van der Waals surface area contributed by atoms with Gasteiger partial charge in [-0.25, -0.2) is 0 Å². The molecule has 1 aromatic rings. The average Bonchev–Trinajstić information content (AvgIpc) is 2.32. The van der Waals surface area contributed by atoms with Crippen LogP contribution in [0.25, 0.3) is 0 Å². The summed E-state index contributed by atoms with van der Waals surface area (Å²) in [7, 11) is 0. The topological polar surface area (TPSA) is 66.8 Å². The van der Waals surface area contributed by atoms with Gasteiger partial charge in [-0.15, -0.1) is 0 Å². The second kappa shape index (κ2) is 5.50. The van der Waals surface area contributed by atoms with Crippen LogP contribution in [0.2, 0.25) is 0 Å². The quantitative estimate of drug-likeness (QED) is 0.810. The van der Waals surface area contributed by atoms with Gasteiger partial charge in [0.1, 0.15) is 0 Å². The smallest absolute Gasteiger partial charge is 0.303 e. The molecule has 1 aliphatic carbocycles. The van der Waals surface area contributed by atoms with Crippen molar-refractivity contribution in [2.75, 3.05) is 0 Å². The third-order valence-corrected chi connectivity index (χ3v) is 3.35. The zero-order chi connectivity index (χ0) is 13.0. The van der Waals surface area contributed by atoms with E-state index < -0.39 is 11.6 Å². The number of benzene rings is 1. The van der Waals surface area contributed by atoms with Crippen LogP contribution in [0.5, 0.6) is 0 Å². The summed E-state index contributed by atoms with van der Waals surface area (Å²) < 4.78 is 5.66. The van der Waals surface area contributed by atoms with Gasteiger partial charge in [-0.1, -0.05) is 30.3 Å². The first-order valence-electron chi connectivity index (χ1n) is 6.17. The molecule has 0 unspecified atom stereocenters. The summed E-state index contributed by atoms with van der Waals surface area (Å²) in [5.41, 5.74) is 0.276. The van der Waals surface area contributed by atoms with Crippen LogP contribution < -0.4 is 0 Å². The van der Waals surface area contributed by atoms with Crippen LogP contribution in [0, 0.1) is 0 Å². The lowest BCUT2D eigenvalue weighted by molar-refractivity contribution is -0.156. The molecule has 0 atom stereocenters. The number of ether oxygens (including phenoxy) is 1. The number of carbonyl (C=O) groups is 1. The van der Waals surface area contributed by atoms with Crippen LogP contribution in [0.4, 0.5) is 0 Å². The Morgan fingerprint density at radius 2 is 2.00 bits per heavy atom. The van der Waals surface area contributed by atoms with Crippen LogP contribution in [-0.4, -0.2) is 27.9 Å². The Bertz CT molecular complexity index is 396. The molecule has 1 fully saturated rings. The summed E-state index contributed by atoms with van der Waals surface area (Å²) >= 11 is 0. The van der Waals surface area contributed by atoms with E-state index in [4.69, 9.17) is 9.84 Å². The van der Waals surface area contributed by atoms with Gasteiger partial charge in [0.2, 0.25) is 0 Å². The highest BCUT2D eigenvalue weighted by molar-refractivity contribution is 5.66. The first-order valence-corrected chi connectivity index (χ1v) is 6.17. The molecule has 2 N–H and O–H groups in total. The maximum absolute atomic E-state index is 10.4. The maximum Gasteiger partial charge on any atom is 0.303 e. The van der Waals surface area contributed by atoms with Crippen molar-refractivity contribution in [1.82, 2.24) is 0 Å². The molecule has 1 aliphatic rings. The van der Waals surface area contributed by atoms with E-state index in [0.29, 0.717) is 25.9 Å². The first-order chi connectivity index (χ1) is 8.57. The van der Waals surface area contributed by atoms with Crippen molar-refractivity contribution in [1.29, 1.82) is 0 Å². The summed E-state index contributed by atoms with van der Waals surface area (Å²) in [6.45, 7) is 0.542. The highest BCUT2D eigenvalue weighted by atomic mass is 16.5. The van der Waals surface area contributed by atoms with E-state index in [1.165, 1.54) is 0 Å². The van der Waals surface area contributed by atoms with Gasteiger partial charge < -0.3 is 14.9 Å². The lowest BCUT2D eigenvalue weighted by atomic mass is 9.74. The monoisotopic (exact) mass is 250 g/mol. The fraction of sp³-hybridized carbons (Fsp3) is 0.500. The van der Waals surface area contributed by atoms with Gasteiger partial charge in [0, 0.05) is 19.3 Å². The molecular weight excluding hydrogens is 232 g/mol. The molecule has 2 rings (SSSR count). The molecule has 0 bridgehead atoms. The zero-order valence-corrected chi connectivity index (χ0v) is 10.2. The Hall–Kier alpha value is -1.39. The number of hydrogen-bond donors (Lipinski definition) is 2. The van der Waals surface area contributed by atoms with Gasteiger partial charge in [0.25, 0.3) is 0 Å². The van der Waals surface area contributed by atoms with Gasteiger partial charge >= 0.3 is 5.97 Å². The van der Waals surface area contributed by atoms with E-state index in [0.717, 1.165) is 5.56 Å². The number of carboxylic acids is 1. The Morgan fingerprint density at radius 1 is 1.33 bits per heavy atom. The van der Waals surface area contributed by atoms with Crippen LogP contribution in [0.3, 0.4) is 0 Å². The minimum Gasteiger partial charge on any atom is -0.481 e. The van der Waals surface area contributed by atoms with Gasteiger partial charge in [0.15, 0.2) is 0 Å². The number of aliphatic carboxylic acids is 1. The Kier molecular flexibility index (Phi) is 3.99. The number of carboxylic acid groups (broad SMARTS) is 1. The second-order valence-electron chi connectivity index (χ2n) is 4.94. The zero-order valence-electron chi connectivity index (χ0n) is 10.2. The third-order valence-electron chi connectivity index (χ3n) is 3.35. The molecular formula is C14H18O4. The van der Waals surface area contributed by atoms with Crippen molar-refractivity contribution in [3.63, 3.8) is 0 Å². The largest absolute Gasteiger partial charge is 0.481 e. The maximum atomic E-state index is 10.4. The van der Waals surface area contributed by atoms with Crippen LogP contribution in [0.1, 0.15) is 31.2 Å². The third kappa shape index (κ3) is 3.55. The number of rotatable bonds is 6. The van der Waals surface area contributed by atoms with E-state index in [-0.39, 0.29) is 12.5 Å². The average molecular weight is 250 g/mol. The van der Waals surface area contributed by atoms with Gasteiger partial charge in [-0.3, -0.25) is 4.79 Å². The Balaban J connectivity index is 1.68. The SMILES string of the molecule is O=C(O)CCC1(O)CC(OCc2ccccc2)C1. The summed E-state index contributed by atoms with van der Waals surface area (Å²) in [5.74, 6) is -0.864. The molecule has 1 saturated carbocycles. The van der Waals surface area contributed by atoms with Crippen LogP contribution in [0.15, 0.2) is 30.3 Å². The summed E-state index contributed by atoms with van der Waals surface area (Å²) in [5, 5.41) is 18.6. The van der Waals surface area contributed by atoms with E-state index in [2.05, 4.69) is 0 Å². The Morgan fingerprint density at radius 3 is 2.61 bits per heavy atom. The number of hydrogen-bond acceptors (Lipinski definition) is 3. The van der Waals surface area contributed by atoms with Crippen LogP contribution >= 0.6 is 0 Å². The molecule has 0 radical (unpaired) electrons. The molecule has 1 aromatic carbocycles. The molecule has 0 aromatic heterocycles. The second-order valence-corrected chi connectivity index (χ2v) is 4.94. The van der Waals surface area contributed by atoms with Crippen molar-refractivity contribution >= 4 is 5.97 Å². The van der Waals surface area contributed by atoms with E-state index in [1.807, 2.05) is 30.3 Å². The van der Waals surface area contributed by atoms with Crippen molar-refractivity contribution < 1.29 is 19.7 Å². The molecule has 0 saturated heterocycles. The first kappa shape index (κ1) is 13.1. The molecule has 0 heterocycles. The Labute approximate surface area is 106 Å². The highest BCUT2D eigenvalue weighted by Gasteiger charge is 2.43. The van der Waals surface area contributed by atoms with Gasteiger partial charge in [0.05, 0.1) is 18.3 Å². The van der Waals surface area contributed by atoms with Crippen molar-refractivity contribution in [2.45, 2.75) is 44.0 Å². The summed E-state index contributed by atoms with van der Waals surface area (Å²) in [6.07, 6.45) is 1.44. The molecule has 0 spiro atoms. The standard InChI is InChI=1S/C14H18O4/c15-13(16)6-7-14(17)8-12(9-14)18-10-11-4-2-1-3-5-11/h1-5,12,17H,6-10H2,(H,15,16). The fourth-order valence-corrected chi connectivity index (χ4v) is 2.24. The van der Waals surface area contributed by atoms with Crippen molar-refractivity contribution in [3.05, 3.63) is 35.9 Å². The lowest BCUT2D eigenvalue weighted by Crippen LogP contribution is -2.48. The highest BCUT2D eigenvalue weighted by Crippen LogP contribution is 2.38. The molecule has 0 amide bonds. The summed E-state index contributed by atoms with van der Waals surface area (Å²) in [6, 6.07) is 9.87. The van der Waals surface area contributed by atoms with E-state index >= 15 is 0 Å². The van der Waals surface area contributed by atoms with Gasteiger partial charge in [-0.05, 0) is 12.0 Å². The van der Waals surface area contributed by atoms with Gasteiger partial charge in [-0.2, -0.15) is 0 Å². The number of aliphatic hydroxyl groups is 1.